The molecule has 1 N–H and O–H groups in total. The Bertz CT molecular complexity index is 804. The summed E-state index contributed by atoms with van der Waals surface area (Å²) in [6.07, 6.45) is 6.33. The predicted octanol–water partition coefficient (Wildman–Crippen LogP) is 5.96. The number of hydrogen-bond acceptors (Lipinski definition) is 1. The number of unbranched alkanes of at least 4 members (excludes halogenated alkanes) is 3. The molecule has 0 saturated heterocycles. The van der Waals surface area contributed by atoms with Gasteiger partial charge in [-0.1, -0.05) is 0 Å². The van der Waals surface area contributed by atoms with Gasteiger partial charge in [0.1, 0.15) is 0 Å². The van der Waals surface area contributed by atoms with Crippen LogP contribution in [0, 0.1) is 5.92 Å². The van der Waals surface area contributed by atoms with Crippen molar-refractivity contribution in [2.24, 2.45) is 5.92 Å². The van der Waals surface area contributed by atoms with E-state index in [1.807, 2.05) is 0 Å². The maximum absolute atomic E-state index is 11.0. The fourth-order valence-electron chi connectivity index (χ4n) is 4.42. The molecule has 1 unspecified atom stereocenters. The van der Waals surface area contributed by atoms with Gasteiger partial charge in [0.2, 0.25) is 0 Å². The van der Waals surface area contributed by atoms with Gasteiger partial charge in [-0.2, -0.15) is 0 Å². The van der Waals surface area contributed by atoms with Crippen molar-refractivity contribution in [2.45, 2.75) is 39.0 Å². The summed E-state index contributed by atoms with van der Waals surface area (Å²) in [4.78, 5) is 11.0. The first kappa shape index (κ1) is 25.3. The van der Waals surface area contributed by atoms with Crippen molar-refractivity contribution >= 4 is 46.1 Å². The van der Waals surface area contributed by atoms with Gasteiger partial charge >= 0.3 is 181 Å². The first-order valence-corrected chi connectivity index (χ1v) is 13.2. The van der Waals surface area contributed by atoms with Crippen LogP contribution in [0.5, 0.6) is 0 Å². The van der Waals surface area contributed by atoms with E-state index in [1.165, 1.54) is 22.1 Å². The molecule has 0 fully saturated rings. The van der Waals surface area contributed by atoms with Crippen LogP contribution in [0.25, 0.3) is 0 Å². The minimum absolute atomic E-state index is 0. The molecule has 166 valence electrons. The van der Waals surface area contributed by atoms with Gasteiger partial charge in [-0.3, -0.25) is 0 Å². The average molecular weight is 501 g/mol. The van der Waals surface area contributed by atoms with Crippen molar-refractivity contribution in [3.8, 4) is 0 Å². The fourth-order valence-corrected chi connectivity index (χ4v) is 9.35. The summed E-state index contributed by atoms with van der Waals surface area (Å²) in [5.74, 6) is -0.921. The second kappa shape index (κ2) is 12.8. The van der Waals surface area contributed by atoms with E-state index in [0.717, 1.165) is 32.1 Å². The number of benzene rings is 3. The summed E-state index contributed by atoms with van der Waals surface area (Å²) in [5, 5.41) is 13.5. The van der Waals surface area contributed by atoms with E-state index < -0.39 is 13.2 Å². The second-order valence-electron chi connectivity index (χ2n) is 8.20. The second-order valence-corrected chi connectivity index (χ2v) is 12.2. The summed E-state index contributed by atoms with van der Waals surface area (Å²) in [7, 11) is -2.12. The van der Waals surface area contributed by atoms with Crippen molar-refractivity contribution < 1.29 is 9.90 Å². The van der Waals surface area contributed by atoms with E-state index in [9.17, 15) is 4.79 Å². The third-order valence-corrected chi connectivity index (χ3v) is 11.2. The molecule has 1 atom stereocenters. The molecule has 0 saturated carbocycles. The number of carboxylic acids is 1. The summed E-state index contributed by atoms with van der Waals surface area (Å²) in [6, 6.07) is 33.1. The molecule has 0 heterocycles. The Morgan fingerprint density at radius 2 is 1.10 bits per heavy atom. The average Bonchev–Trinajstić information content (AvgIpc) is 2.80. The van der Waals surface area contributed by atoms with Gasteiger partial charge in [-0.25, -0.2) is 0 Å². The maximum atomic E-state index is 11.0. The van der Waals surface area contributed by atoms with Gasteiger partial charge in [-0.05, 0) is 0 Å². The Kier molecular flexibility index (Phi) is 10.4. The predicted molar refractivity (Wildman–Crippen MR) is 142 cm³/mol. The monoisotopic (exact) mass is 500 g/mol. The molecule has 2 nitrogen and oxygen atoms in total. The Morgan fingerprint density at radius 1 is 0.710 bits per heavy atom. The zero-order chi connectivity index (χ0) is 21.2. The molecule has 3 aromatic rings. The van der Waals surface area contributed by atoms with Crippen LogP contribution in [0.3, 0.4) is 0 Å². The van der Waals surface area contributed by atoms with Gasteiger partial charge in [-0.15, -0.1) is 17.0 Å². The number of rotatable bonds is 11. The Labute approximate surface area is 197 Å². The summed E-state index contributed by atoms with van der Waals surface area (Å²) in [6.45, 7) is 1.81. The number of aliphatic carboxylic acids is 1. The van der Waals surface area contributed by atoms with Gasteiger partial charge in [0.15, 0.2) is 0 Å². The minimum atomic E-state index is -2.12. The van der Waals surface area contributed by atoms with Gasteiger partial charge in [0.25, 0.3) is 0 Å². The van der Waals surface area contributed by atoms with Gasteiger partial charge in [0.05, 0.1) is 0 Å². The van der Waals surface area contributed by atoms with E-state index in [-0.39, 0.29) is 22.9 Å². The van der Waals surface area contributed by atoms with Crippen molar-refractivity contribution in [3.63, 3.8) is 0 Å². The van der Waals surface area contributed by atoms with Crippen molar-refractivity contribution in [2.75, 3.05) is 6.16 Å². The number of hydrogen-bond donors (Lipinski definition) is 1. The molecule has 3 aromatic carbocycles. The molecular weight excluding hydrogens is 467 g/mol. The van der Waals surface area contributed by atoms with E-state index in [2.05, 4.69) is 91.0 Å². The normalized spacial score (nSPS) is 12.5. The zero-order valence-corrected chi connectivity index (χ0v) is 21.0. The first-order valence-electron chi connectivity index (χ1n) is 11.0. The van der Waals surface area contributed by atoms with Crippen molar-refractivity contribution in [1.29, 1.82) is 0 Å². The molecule has 0 amide bonds. The van der Waals surface area contributed by atoms with Crippen LogP contribution >= 0.6 is 24.2 Å². The van der Waals surface area contributed by atoms with Gasteiger partial charge < -0.3 is 0 Å². The molecule has 0 spiro atoms. The van der Waals surface area contributed by atoms with Crippen LogP contribution in [0.2, 0.25) is 0 Å². The molecule has 4 heteroatoms. The first-order chi connectivity index (χ1) is 14.6. The molecule has 31 heavy (non-hydrogen) atoms. The summed E-state index contributed by atoms with van der Waals surface area (Å²) < 4.78 is 0. The fraction of sp³-hybridized carbons (Fsp3) is 0.296. The SMILES string of the molecule is Br.CC(CCCCCC[PH](c1ccccc1)(c1ccccc1)c1ccccc1)C(=O)O. The van der Waals surface area contributed by atoms with Crippen molar-refractivity contribution in [3.05, 3.63) is 91.0 Å². The molecule has 0 aliphatic heterocycles. The number of carbonyl (C=O) groups is 1. The summed E-state index contributed by atoms with van der Waals surface area (Å²) in [5.41, 5.74) is 0. The van der Waals surface area contributed by atoms with E-state index in [0.29, 0.717) is 0 Å². The van der Waals surface area contributed by atoms with E-state index >= 15 is 0 Å². The van der Waals surface area contributed by atoms with Crippen LogP contribution in [0.1, 0.15) is 39.0 Å². The quantitative estimate of drug-likeness (QED) is 0.260. The van der Waals surface area contributed by atoms with E-state index in [4.69, 9.17) is 5.11 Å². The molecule has 0 aliphatic rings. The third-order valence-electron chi connectivity index (χ3n) is 6.16. The van der Waals surface area contributed by atoms with Crippen LogP contribution in [-0.2, 0) is 4.79 Å². The van der Waals surface area contributed by atoms with Gasteiger partial charge in [0, 0.05) is 0 Å². The summed E-state index contributed by atoms with van der Waals surface area (Å²) >= 11 is 0. The topological polar surface area (TPSA) is 37.3 Å². The van der Waals surface area contributed by atoms with Crippen LogP contribution in [0.4, 0.5) is 0 Å². The van der Waals surface area contributed by atoms with Crippen molar-refractivity contribution in [1.82, 2.24) is 0 Å². The zero-order valence-electron chi connectivity index (χ0n) is 18.2. The van der Waals surface area contributed by atoms with Crippen LogP contribution in [-0.4, -0.2) is 17.2 Å². The molecule has 0 aromatic heterocycles. The third kappa shape index (κ3) is 6.51. The number of carboxylic acid groups (broad SMARTS) is 1. The van der Waals surface area contributed by atoms with E-state index in [1.54, 1.807) is 6.92 Å². The Balaban J connectivity index is 0.00000341. The Morgan fingerprint density at radius 3 is 1.48 bits per heavy atom. The Hall–Kier alpha value is -1.96. The number of halogens is 1. The molecule has 3 rings (SSSR count). The van der Waals surface area contributed by atoms with Crippen LogP contribution < -0.4 is 15.9 Å². The molecular formula is C27H34BrO2P. The molecule has 0 aliphatic carbocycles. The molecule has 0 radical (unpaired) electrons. The van der Waals surface area contributed by atoms with Crippen LogP contribution in [0.15, 0.2) is 91.0 Å². The molecule has 0 bridgehead atoms. The standard InChI is InChI=1S/C27H33O2P.BrH/c1-23(27(28)29)15-7-2-3-14-22-30(24-16-8-4-9-17-24,25-18-10-5-11-19-25)26-20-12-6-13-21-26;/h4-6,8-13,16-21,23,30H,2-3,7,14-15,22H2,1H3,(H,28,29);1H.